The molecule has 5 heteroatoms. The topological polar surface area (TPSA) is 39.7 Å². The van der Waals surface area contributed by atoms with Crippen LogP contribution in [0.5, 0.6) is 11.5 Å². The summed E-state index contributed by atoms with van der Waals surface area (Å²) in [5.41, 5.74) is 1.02. The lowest BCUT2D eigenvalue weighted by molar-refractivity contribution is 0.117. The highest BCUT2D eigenvalue weighted by atomic mass is 35.5. The first-order valence-electron chi connectivity index (χ1n) is 6.81. The van der Waals surface area contributed by atoms with Crippen molar-refractivity contribution in [2.24, 2.45) is 5.92 Å². The Morgan fingerprint density at radius 1 is 1.30 bits per heavy atom. The van der Waals surface area contributed by atoms with E-state index in [1.165, 1.54) is 0 Å². The molecule has 3 atom stereocenters. The van der Waals surface area contributed by atoms with Crippen LogP contribution in [0.25, 0.3) is 0 Å². The fourth-order valence-corrected chi connectivity index (χ4v) is 3.11. The summed E-state index contributed by atoms with van der Waals surface area (Å²) in [6, 6.07) is 3.90. The van der Waals surface area contributed by atoms with Crippen LogP contribution in [-0.2, 0) is 4.74 Å². The molecule has 1 heterocycles. The minimum atomic E-state index is 0.146. The van der Waals surface area contributed by atoms with Crippen LogP contribution in [0.4, 0.5) is 0 Å². The summed E-state index contributed by atoms with van der Waals surface area (Å²) < 4.78 is 16.3. The first-order valence-corrected chi connectivity index (χ1v) is 7.18. The Bertz CT molecular complexity index is 467. The van der Waals surface area contributed by atoms with Gasteiger partial charge in [-0.15, -0.1) is 0 Å². The normalized spacial score (nSPS) is 23.6. The summed E-state index contributed by atoms with van der Waals surface area (Å²) in [6.07, 6.45) is 1.32. The molecule has 0 spiro atoms. The monoisotopic (exact) mass is 299 g/mol. The van der Waals surface area contributed by atoms with Crippen molar-refractivity contribution in [3.05, 3.63) is 22.7 Å². The lowest BCUT2D eigenvalue weighted by atomic mass is 9.91. The fourth-order valence-electron chi connectivity index (χ4n) is 2.84. The van der Waals surface area contributed by atoms with Gasteiger partial charge in [-0.2, -0.15) is 0 Å². The van der Waals surface area contributed by atoms with Crippen LogP contribution < -0.4 is 14.8 Å². The first kappa shape index (κ1) is 15.4. The molecule has 112 valence electrons. The zero-order valence-electron chi connectivity index (χ0n) is 12.4. The average molecular weight is 300 g/mol. The standard InChI is InChI=1S/C15H22ClNO3/c1-9-5-10(8-20-9)15(17-2)11-6-13(18-3)14(19-4)7-12(11)16/h6-7,9-10,15,17H,5,8H2,1-4H3. The molecule has 4 nitrogen and oxygen atoms in total. The second kappa shape index (κ2) is 6.66. The Hall–Kier alpha value is -0.970. The van der Waals surface area contributed by atoms with Gasteiger partial charge in [0.25, 0.3) is 0 Å². The number of hydrogen-bond acceptors (Lipinski definition) is 4. The smallest absolute Gasteiger partial charge is 0.162 e. The number of nitrogens with one attached hydrogen (secondary N) is 1. The van der Waals surface area contributed by atoms with E-state index in [2.05, 4.69) is 12.2 Å². The van der Waals surface area contributed by atoms with Crippen molar-refractivity contribution in [2.45, 2.75) is 25.5 Å². The average Bonchev–Trinajstić information content (AvgIpc) is 2.87. The summed E-state index contributed by atoms with van der Waals surface area (Å²) in [5, 5.41) is 4.03. The molecule has 1 aromatic carbocycles. The Balaban J connectivity index is 2.34. The summed E-state index contributed by atoms with van der Waals surface area (Å²) >= 11 is 6.41. The number of rotatable bonds is 5. The minimum absolute atomic E-state index is 0.146. The van der Waals surface area contributed by atoms with E-state index >= 15 is 0 Å². The zero-order valence-corrected chi connectivity index (χ0v) is 13.2. The predicted molar refractivity (Wildman–Crippen MR) is 79.9 cm³/mol. The summed E-state index contributed by atoms with van der Waals surface area (Å²) in [5.74, 6) is 1.75. The molecule has 1 N–H and O–H groups in total. The number of halogens is 1. The van der Waals surface area contributed by atoms with Crippen molar-refractivity contribution in [2.75, 3.05) is 27.9 Å². The molecule has 3 unspecified atom stereocenters. The molecule has 0 amide bonds. The third-order valence-electron chi connectivity index (χ3n) is 3.85. The Morgan fingerprint density at radius 2 is 1.95 bits per heavy atom. The molecular formula is C15H22ClNO3. The predicted octanol–water partition coefficient (Wildman–Crippen LogP) is 3.04. The van der Waals surface area contributed by atoms with Gasteiger partial charge in [-0.1, -0.05) is 11.6 Å². The van der Waals surface area contributed by atoms with Gasteiger partial charge in [0.15, 0.2) is 11.5 Å². The van der Waals surface area contributed by atoms with E-state index in [0.29, 0.717) is 28.5 Å². The Labute approximate surface area is 125 Å². The fraction of sp³-hybridized carbons (Fsp3) is 0.600. The molecule has 1 fully saturated rings. The van der Waals surface area contributed by atoms with E-state index in [9.17, 15) is 0 Å². The van der Waals surface area contributed by atoms with E-state index in [-0.39, 0.29) is 6.04 Å². The van der Waals surface area contributed by atoms with Crippen LogP contribution in [0, 0.1) is 5.92 Å². The van der Waals surface area contributed by atoms with E-state index < -0.39 is 0 Å². The maximum atomic E-state index is 6.41. The quantitative estimate of drug-likeness (QED) is 0.907. The van der Waals surface area contributed by atoms with Crippen LogP contribution in [0.1, 0.15) is 24.9 Å². The van der Waals surface area contributed by atoms with Gasteiger partial charge in [-0.05, 0) is 32.0 Å². The highest BCUT2D eigenvalue weighted by molar-refractivity contribution is 6.31. The highest BCUT2D eigenvalue weighted by Gasteiger charge is 2.31. The van der Waals surface area contributed by atoms with Gasteiger partial charge in [-0.3, -0.25) is 0 Å². The molecular weight excluding hydrogens is 278 g/mol. The van der Waals surface area contributed by atoms with Crippen molar-refractivity contribution in [1.29, 1.82) is 0 Å². The van der Waals surface area contributed by atoms with Crippen LogP contribution in [0.3, 0.4) is 0 Å². The van der Waals surface area contributed by atoms with Crippen molar-refractivity contribution >= 4 is 11.6 Å². The van der Waals surface area contributed by atoms with Gasteiger partial charge in [-0.25, -0.2) is 0 Å². The number of hydrogen-bond donors (Lipinski definition) is 1. The van der Waals surface area contributed by atoms with Crippen LogP contribution in [-0.4, -0.2) is 34.0 Å². The molecule has 0 aliphatic carbocycles. The molecule has 2 rings (SSSR count). The van der Waals surface area contributed by atoms with Gasteiger partial charge in [0.05, 0.1) is 26.9 Å². The zero-order chi connectivity index (χ0) is 14.7. The van der Waals surface area contributed by atoms with Crippen LogP contribution in [0.2, 0.25) is 5.02 Å². The molecule has 0 radical (unpaired) electrons. The first-order chi connectivity index (χ1) is 9.60. The molecule has 0 saturated carbocycles. The van der Waals surface area contributed by atoms with E-state index in [0.717, 1.165) is 18.6 Å². The molecule has 20 heavy (non-hydrogen) atoms. The number of methoxy groups -OCH3 is 2. The third-order valence-corrected chi connectivity index (χ3v) is 4.18. The van der Waals surface area contributed by atoms with Gasteiger partial charge in [0.2, 0.25) is 0 Å². The summed E-state index contributed by atoms with van der Waals surface area (Å²) in [6.45, 7) is 2.85. The van der Waals surface area contributed by atoms with Crippen molar-refractivity contribution in [3.8, 4) is 11.5 Å². The van der Waals surface area contributed by atoms with Crippen LogP contribution >= 0.6 is 11.6 Å². The van der Waals surface area contributed by atoms with E-state index in [1.807, 2.05) is 13.1 Å². The maximum Gasteiger partial charge on any atom is 0.162 e. The summed E-state index contributed by atoms with van der Waals surface area (Å²) in [4.78, 5) is 0. The Morgan fingerprint density at radius 3 is 2.45 bits per heavy atom. The largest absolute Gasteiger partial charge is 0.493 e. The molecule has 0 aromatic heterocycles. The second-order valence-electron chi connectivity index (χ2n) is 5.13. The maximum absolute atomic E-state index is 6.41. The summed E-state index contributed by atoms with van der Waals surface area (Å²) in [7, 11) is 5.18. The third kappa shape index (κ3) is 3.03. The lowest BCUT2D eigenvalue weighted by Gasteiger charge is -2.24. The molecule has 1 aromatic rings. The van der Waals surface area contributed by atoms with Gasteiger partial charge >= 0.3 is 0 Å². The van der Waals surface area contributed by atoms with Crippen molar-refractivity contribution in [1.82, 2.24) is 5.32 Å². The number of ether oxygens (including phenoxy) is 3. The molecule has 1 aliphatic heterocycles. The number of benzene rings is 1. The second-order valence-corrected chi connectivity index (χ2v) is 5.54. The minimum Gasteiger partial charge on any atom is -0.493 e. The molecule has 1 aliphatic rings. The van der Waals surface area contributed by atoms with Crippen molar-refractivity contribution < 1.29 is 14.2 Å². The van der Waals surface area contributed by atoms with E-state index in [4.69, 9.17) is 25.8 Å². The highest BCUT2D eigenvalue weighted by Crippen LogP contribution is 2.40. The lowest BCUT2D eigenvalue weighted by Crippen LogP contribution is -2.26. The molecule has 1 saturated heterocycles. The van der Waals surface area contributed by atoms with Crippen LogP contribution in [0.15, 0.2) is 12.1 Å². The molecule has 0 bridgehead atoms. The van der Waals surface area contributed by atoms with Gasteiger partial charge in [0, 0.05) is 23.0 Å². The van der Waals surface area contributed by atoms with Gasteiger partial charge in [0.1, 0.15) is 0 Å². The SMILES string of the molecule is CNC(c1cc(OC)c(OC)cc1Cl)C1COC(C)C1. The van der Waals surface area contributed by atoms with Crippen molar-refractivity contribution in [3.63, 3.8) is 0 Å². The van der Waals surface area contributed by atoms with E-state index in [1.54, 1.807) is 20.3 Å². The Kier molecular flexibility index (Phi) is 5.13. The van der Waals surface area contributed by atoms with Gasteiger partial charge < -0.3 is 19.5 Å².